The van der Waals surface area contributed by atoms with Gasteiger partial charge in [0.15, 0.2) is 5.60 Å². The van der Waals surface area contributed by atoms with Gasteiger partial charge in [-0.15, -0.1) is 0 Å². The van der Waals surface area contributed by atoms with Gasteiger partial charge in [-0.3, -0.25) is 9.59 Å². The van der Waals surface area contributed by atoms with Crippen LogP contribution in [0, 0.1) is 11.8 Å². The maximum atomic E-state index is 12.1. The quantitative estimate of drug-likeness (QED) is 0.569. The van der Waals surface area contributed by atoms with E-state index in [1.54, 1.807) is 12.1 Å². The first kappa shape index (κ1) is 21.9. The molecule has 0 radical (unpaired) electrons. The van der Waals surface area contributed by atoms with E-state index < -0.39 is 11.5 Å². The van der Waals surface area contributed by atoms with Crippen molar-refractivity contribution >= 4 is 22.6 Å². The van der Waals surface area contributed by atoms with E-state index in [0.29, 0.717) is 40.8 Å². The lowest BCUT2D eigenvalue weighted by Gasteiger charge is -2.30. The molecule has 2 aliphatic heterocycles. The molecule has 2 aromatic rings. The van der Waals surface area contributed by atoms with Gasteiger partial charge in [-0.25, -0.2) is 4.98 Å². The number of fused-ring (bicyclic) bond motifs is 1. The number of primary amides is 1. The number of benzene rings is 1. The number of aromatic nitrogens is 1. The number of carbonyl (C=O) groups is 2. The lowest BCUT2D eigenvalue weighted by Crippen LogP contribution is -2.48. The van der Waals surface area contributed by atoms with Crippen LogP contribution in [0.4, 0.5) is 0 Å². The maximum absolute atomic E-state index is 12.1. The topological polar surface area (TPSA) is 133 Å². The monoisotopic (exact) mass is 439 g/mol. The fraction of sp³-hybridized carbons (Fsp3) is 0.435. The number of ether oxygens (including phenoxy) is 3. The van der Waals surface area contributed by atoms with Gasteiger partial charge in [0.1, 0.15) is 12.4 Å². The van der Waals surface area contributed by atoms with Crippen LogP contribution in [0.1, 0.15) is 42.6 Å². The summed E-state index contributed by atoms with van der Waals surface area (Å²) >= 11 is 0. The Morgan fingerprint density at radius 2 is 2.19 bits per heavy atom. The van der Waals surface area contributed by atoms with Gasteiger partial charge in [0.25, 0.3) is 5.91 Å². The van der Waals surface area contributed by atoms with Crippen LogP contribution in [-0.2, 0) is 9.53 Å². The largest absolute Gasteiger partial charge is 0.490 e. The molecule has 168 valence electrons. The summed E-state index contributed by atoms with van der Waals surface area (Å²) in [5, 5.41) is 14.3. The summed E-state index contributed by atoms with van der Waals surface area (Å²) in [5.41, 5.74) is 5.11. The summed E-state index contributed by atoms with van der Waals surface area (Å²) in [7, 11) is 0. The van der Waals surface area contributed by atoms with Crippen LogP contribution in [-0.4, -0.2) is 59.5 Å². The van der Waals surface area contributed by atoms with Crippen LogP contribution in [0.2, 0.25) is 0 Å². The van der Waals surface area contributed by atoms with Gasteiger partial charge < -0.3 is 30.4 Å². The molecule has 9 nitrogen and oxygen atoms in total. The zero-order valence-corrected chi connectivity index (χ0v) is 17.9. The number of amides is 2. The van der Waals surface area contributed by atoms with E-state index in [9.17, 15) is 14.7 Å². The first-order chi connectivity index (χ1) is 15.2. The smallest absolute Gasteiger partial charge is 0.252 e. The fourth-order valence-corrected chi connectivity index (χ4v) is 3.53. The number of aliphatic hydroxyl groups is 1. The Labute approximate surface area is 185 Å². The predicted octanol–water partition coefficient (Wildman–Crippen LogP) is 0.891. The van der Waals surface area contributed by atoms with Crippen molar-refractivity contribution in [2.24, 2.45) is 5.73 Å². The van der Waals surface area contributed by atoms with Crippen molar-refractivity contribution < 1.29 is 28.9 Å². The summed E-state index contributed by atoms with van der Waals surface area (Å²) in [5.74, 6) is 5.74. The van der Waals surface area contributed by atoms with E-state index in [1.807, 2.05) is 13.8 Å². The van der Waals surface area contributed by atoms with Crippen molar-refractivity contribution in [1.82, 2.24) is 10.3 Å². The summed E-state index contributed by atoms with van der Waals surface area (Å²) in [6, 6.07) is 3.17. The molecule has 0 aliphatic carbocycles. The van der Waals surface area contributed by atoms with E-state index in [1.165, 1.54) is 6.20 Å². The average Bonchev–Trinajstić information content (AvgIpc) is 3.13. The molecule has 1 aromatic carbocycles. The van der Waals surface area contributed by atoms with Crippen molar-refractivity contribution in [3.05, 3.63) is 29.5 Å². The second kappa shape index (κ2) is 8.65. The minimum atomic E-state index is -1.20. The lowest BCUT2D eigenvalue weighted by molar-refractivity contribution is -0.140. The Morgan fingerprint density at radius 1 is 1.41 bits per heavy atom. The van der Waals surface area contributed by atoms with Gasteiger partial charge in [0.2, 0.25) is 11.8 Å². The third-order valence-corrected chi connectivity index (χ3v) is 5.20. The van der Waals surface area contributed by atoms with Gasteiger partial charge in [-0.2, -0.15) is 0 Å². The third-order valence-electron chi connectivity index (χ3n) is 5.20. The zero-order chi connectivity index (χ0) is 22.9. The Bertz CT molecular complexity index is 1130. The number of pyridine rings is 1. The van der Waals surface area contributed by atoms with E-state index in [4.69, 9.17) is 19.9 Å². The standard InChI is InChI=1S/C23H25N3O6/c1-13(2)32-19-8-17-16(7-18(19)21(24)28)14(5-6-23(29)11-30-12-23)9-25-22(17)31-10-15-3-4-20(27)26-15/h7-9,13,15,29H,3-4,10-12H2,1-2H3,(H2,24,28)(H,26,27)/t15-/m0/s1. The molecule has 0 saturated carbocycles. The van der Waals surface area contributed by atoms with Gasteiger partial charge in [-0.05, 0) is 32.4 Å². The summed E-state index contributed by atoms with van der Waals surface area (Å²) < 4.78 is 16.8. The minimum Gasteiger partial charge on any atom is -0.490 e. The molecule has 1 atom stereocenters. The van der Waals surface area contributed by atoms with Gasteiger partial charge in [0, 0.05) is 23.4 Å². The molecule has 4 N–H and O–H groups in total. The molecule has 0 unspecified atom stereocenters. The molecule has 2 amide bonds. The molecule has 0 bridgehead atoms. The molecule has 1 aromatic heterocycles. The molecule has 0 spiro atoms. The van der Waals surface area contributed by atoms with Crippen molar-refractivity contribution in [2.45, 2.75) is 44.4 Å². The maximum Gasteiger partial charge on any atom is 0.252 e. The Morgan fingerprint density at radius 3 is 2.78 bits per heavy atom. The summed E-state index contributed by atoms with van der Waals surface area (Å²) in [6.07, 6.45) is 2.49. The normalized spacial score (nSPS) is 19.1. The Kier molecular flexibility index (Phi) is 5.91. The highest BCUT2D eigenvalue weighted by Crippen LogP contribution is 2.33. The van der Waals surface area contributed by atoms with Crippen LogP contribution in [0.25, 0.3) is 10.8 Å². The molecule has 2 aliphatic rings. The van der Waals surface area contributed by atoms with Gasteiger partial charge in [0.05, 0.1) is 36.5 Å². The SMILES string of the molecule is CC(C)Oc1cc2c(OC[C@@H]3CCC(=O)N3)ncc(C#CC3(O)COC3)c2cc1C(N)=O. The summed E-state index contributed by atoms with van der Waals surface area (Å²) in [4.78, 5) is 28.0. The number of hydrogen-bond donors (Lipinski definition) is 3. The van der Waals surface area contributed by atoms with Crippen molar-refractivity contribution in [3.8, 4) is 23.5 Å². The van der Waals surface area contributed by atoms with Crippen LogP contribution in [0.5, 0.6) is 11.6 Å². The lowest BCUT2D eigenvalue weighted by atomic mass is 10.00. The number of rotatable bonds is 6. The second-order valence-corrected chi connectivity index (χ2v) is 8.29. The van der Waals surface area contributed by atoms with Crippen LogP contribution >= 0.6 is 0 Å². The van der Waals surface area contributed by atoms with E-state index in [-0.39, 0.29) is 43.4 Å². The highest BCUT2D eigenvalue weighted by Gasteiger charge is 2.34. The number of nitrogens with zero attached hydrogens (tertiary/aromatic N) is 1. The highest BCUT2D eigenvalue weighted by molar-refractivity contribution is 6.03. The number of hydrogen-bond acceptors (Lipinski definition) is 7. The zero-order valence-electron chi connectivity index (χ0n) is 17.9. The van der Waals surface area contributed by atoms with E-state index >= 15 is 0 Å². The van der Waals surface area contributed by atoms with Crippen molar-refractivity contribution in [2.75, 3.05) is 19.8 Å². The first-order valence-electron chi connectivity index (χ1n) is 10.4. The van der Waals surface area contributed by atoms with Crippen molar-refractivity contribution in [3.63, 3.8) is 0 Å². The molecule has 2 saturated heterocycles. The van der Waals surface area contributed by atoms with Gasteiger partial charge >= 0.3 is 0 Å². The predicted molar refractivity (Wildman–Crippen MR) is 115 cm³/mol. The van der Waals surface area contributed by atoms with E-state index in [0.717, 1.165) is 0 Å². The highest BCUT2D eigenvalue weighted by atomic mass is 16.5. The Hall–Kier alpha value is -3.35. The van der Waals surface area contributed by atoms with Crippen LogP contribution < -0.4 is 20.5 Å². The van der Waals surface area contributed by atoms with Gasteiger partial charge in [-0.1, -0.05) is 11.8 Å². The summed E-state index contributed by atoms with van der Waals surface area (Å²) in [6.45, 7) is 4.22. The molecular formula is C23H25N3O6. The van der Waals surface area contributed by atoms with Crippen LogP contribution in [0.15, 0.2) is 18.3 Å². The Balaban J connectivity index is 1.77. The molecule has 4 rings (SSSR count). The molecule has 32 heavy (non-hydrogen) atoms. The average molecular weight is 439 g/mol. The second-order valence-electron chi connectivity index (χ2n) is 8.29. The number of nitrogens with one attached hydrogen (secondary N) is 1. The molecule has 2 fully saturated rings. The molecular weight excluding hydrogens is 414 g/mol. The molecule has 9 heteroatoms. The fourth-order valence-electron chi connectivity index (χ4n) is 3.53. The van der Waals surface area contributed by atoms with Crippen molar-refractivity contribution in [1.29, 1.82) is 0 Å². The number of nitrogens with two attached hydrogens (primary N) is 1. The van der Waals surface area contributed by atoms with Crippen LogP contribution in [0.3, 0.4) is 0 Å². The molecule has 3 heterocycles. The minimum absolute atomic E-state index is 0.00124. The number of carbonyl (C=O) groups excluding carboxylic acids is 2. The first-order valence-corrected chi connectivity index (χ1v) is 10.4. The third kappa shape index (κ3) is 4.61. The van der Waals surface area contributed by atoms with E-state index in [2.05, 4.69) is 22.1 Å².